The number of anilines is 3. The van der Waals surface area contributed by atoms with E-state index in [0.717, 1.165) is 36.0 Å². The number of aliphatic hydroxyl groups excluding tert-OH is 1. The van der Waals surface area contributed by atoms with E-state index >= 15 is 0 Å². The molecule has 1 aliphatic heterocycles. The largest absolute Gasteiger partial charge is 0.400 e. The van der Waals surface area contributed by atoms with Gasteiger partial charge < -0.3 is 25.4 Å². The number of rotatable bonds is 8. The highest BCUT2D eigenvalue weighted by molar-refractivity contribution is 7.97. The van der Waals surface area contributed by atoms with Gasteiger partial charge in [0.1, 0.15) is 6.29 Å². The van der Waals surface area contributed by atoms with E-state index in [1.54, 1.807) is 11.9 Å². The summed E-state index contributed by atoms with van der Waals surface area (Å²) < 4.78 is 2.38. The van der Waals surface area contributed by atoms with Crippen molar-refractivity contribution >= 4 is 41.7 Å². The highest BCUT2D eigenvalue weighted by Gasteiger charge is 2.12. The minimum atomic E-state index is 0.461. The molecule has 2 aromatic rings. The molecular weight excluding hydrogens is 412 g/mol. The van der Waals surface area contributed by atoms with Gasteiger partial charge in [0.05, 0.1) is 0 Å². The summed E-state index contributed by atoms with van der Waals surface area (Å²) in [5, 5.41) is 12.7. The van der Waals surface area contributed by atoms with Crippen LogP contribution < -0.4 is 15.5 Å². The second kappa shape index (κ2) is 15.3. The third kappa shape index (κ3) is 9.42. The number of hydrogen-bond donors (Lipinski definition) is 3. The zero-order valence-corrected chi connectivity index (χ0v) is 19.6. The number of nitrogens with one attached hydrogen (secondary N) is 2. The molecule has 8 heteroatoms. The Bertz CT molecular complexity index is 779. The van der Waals surface area contributed by atoms with Crippen LogP contribution in [0.2, 0.25) is 0 Å². The van der Waals surface area contributed by atoms with Gasteiger partial charge in [0.15, 0.2) is 0 Å². The van der Waals surface area contributed by atoms with Gasteiger partial charge in [-0.3, -0.25) is 4.79 Å². The second-order valence-corrected chi connectivity index (χ2v) is 8.04. The van der Waals surface area contributed by atoms with Crippen LogP contribution in [0.15, 0.2) is 47.4 Å². The molecular formula is C23H34N4O3S. The molecule has 1 amide bonds. The van der Waals surface area contributed by atoms with Crippen molar-refractivity contribution in [3.8, 4) is 0 Å². The SMILES string of the molecule is CNc1ccc(N(C)C)c(CC=O)c1.CO.O=CNc1ccc(SN2CCCC2)cc1. The van der Waals surface area contributed by atoms with Crippen LogP contribution in [-0.2, 0) is 16.0 Å². The maximum atomic E-state index is 10.5. The molecule has 7 nitrogen and oxygen atoms in total. The Morgan fingerprint density at radius 1 is 1.03 bits per heavy atom. The van der Waals surface area contributed by atoms with E-state index in [9.17, 15) is 9.59 Å². The van der Waals surface area contributed by atoms with E-state index in [1.807, 2.05) is 68.5 Å². The molecule has 0 spiro atoms. The first kappa shape index (κ1) is 26.5. The van der Waals surface area contributed by atoms with Crippen LogP contribution in [0, 0.1) is 0 Å². The van der Waals surface area contributed by atoms with Crippen molar-refractivity contribution in [1.29, 1.82) is 0 Å². The number of amides is 1. The van der Waals surface area contributed by atoms with Crippen molar-refractivity contribution < 1.29 is 14.7 Å². The third-order valence-corrected chi connectivity index (χ3v) is 5.64. The summed E-state index contributed by atoms with van der Waals surface area (Å²) in [7, 11) is 6.82. The third-order valence-electron chi connectivity index (χ3n) is 4.53. The highest BCUT2D eigenvalue weighted by Crippen LogP contribution is 2.27. The first-order valence-electron chi connectivity index (χ1n) is 10.2. The molecule has 0 bridgehead atoms. The first-order chi connectivity index (χ1) is 15.1. The molecule has 3 rings (SSSR count). The molecule has 3 N–H and O–H groups in total. The predicted octanol–water partition coefficient (Wildman–Crippen LogP) is 3.50. The van der Waals surface area contributed by atoms with Gasteiger partial charge in [-0.25, -0.2) is 4.31 Å². The predicted molar refractivity (Wildman–Crippen MR) is 131 cm³/mol. The van der Waals surface area contributed by atoms with Crippen molar-refractivity contribution in [3.63, 3.8) is 0 Å². The fourth-order valence-corrected chi connectivity index (χ4v) is 4.04. The van der Waals surface area contributed by atoms with Crippen molar-refractivity contribution in [2.75, 3.05) is 56.9 Å². The zero-order chi connectivity index (χ0) is 23.1. The van der Waals surface area contributed by atoms with Gasteiger partial charge in [-0.2, -0.15) is 0 Å². The number of benzene rings is 2. The van der Waals surface area contributed by atoms with Gasteiger partial charge in [-0.05, 0) is 72.8 Å². The average molecular weight is 447 g/mol. The van der Waals surface area contributed by atoms with Crippen LogP contribution in [0.3, 0.4) is 0 Å². The lowest BCUT2D eigenvalue weighted by molar-refractivity contribution is -0.107. The van der Waals surface area contributed by atoms with Crippen LogP contribution in [0.4, 0.5) is 17.1 Å². The van der Waals surface area contributed by atoms with Crippen molar-refractivity contribution in [2.24, 2.45) is 0 Å². The Morgan fingerprint density at radius 2 is 1.65 bits per heavy atom. The van der Waals surface area contributed by atoms with Gasteiger partial charge in [-0.15, -0.1) is 0 Å². The van der Waals surface area contributed by atoms with Gasteiger partial charge in [0.25, 0.3) is 0 Å². The molecule has 0 saturated carbocycles. The van der Waals surface area contributed by atoms with Crippen LogP contribution in [0.1, 0.15) is 18.4 Å². The highest BCUT2D eigenvalue weighted by atomic mass is 32.2. The number of aliphatic hydroxyl groups is 1. The van der Waals surface area contributed by atoms with Crippen LogP contribution in [-0.4, -0.2) is 63.5 Å². The Morgan fingerprint density at radius 3 is 2.16 bits per heavy atom. The average Bonchev–Trinajstić information content (AvgIpc) is 3.30. The van der Waals surface area contributed by atoms with E-state index in [-0.39, 0.29) is 0 Å². The number of carbonyl (C=O) groups is 2. The summed E-state index contributed by atoms with van der Waals surface area (Å²) in [6.07, 6.45) is 4.70. The zero-order valence-electron chi connectivity index (χ0n) is 18.8. The first-order valence-corrected chi connectivity index (χ1v) is 10.9. The fraction of sp³-hybridized carbons (Fsp3) is 0.391. The molecule has 0 aliphatic carbocycles. The summed E-state index contributed by atoms with van der Waals surface area (Å²) in [4.78, 5) is 24.0. The minimum absolute atomic E-state index is 0.461. The Hall–Kier alpha value is -2.55. The Kier molecular flexibility index (Phi) is 13.1. The summed E-state index contributed by atoms with van der Waals surface area (Å²) in [5.41, 5.74) is 4.02. The molecule has 1 heterocycles. The van der Waals surface area contributed by atoms with Crippen LogP contribution >= 0.6 is 11.9 Å². The monoisotopic (exact) mass is 446 g/mol. The fourth-order valence-electron chi connectivity index (χ4n) is 3.04. The minimum Gasteiger partial charge on any atom is -0.400 e. The summed E-state index contributed by atoms with van der Waals surface area (Å²) in [5.74, 6) is 0. The molecule has 0 radical (unpaired) electrons. The van der Waals surface area contributed by atoms with Crippen molar-refractivity contribution in [3.05, 3.63) is 48.0 Å². The lowest BCUT2D eigenvalue weighted by Gasteiger charge is -2.17. The van der Waals surface area contributed by atoms with Crippen LogP contribution in [0.25, 0.3) is 0 Å². The molecule has 170 valence electrons. The molecule has 2 aromatic carbocycles. The van der Waals surface area contributed by atoms with E-state index < -0.39 is 0 Å². The lowest BCUT2D eigenvalue weighted by Crippen LogP contribution is -2.11. The maximum Gasteiger partial charge on any atom is 0.211 e. The normalized spacial score (nSPS) is 12.5. The van der Waals surface area contributed by atoms with E-state index in [1.165, 1.54) is 30.8 Å². The standard InChI is InChI=1S/C11H14N2OS.C11H16N2O.CH4O/c14-9-12-10-3-5-11(6-4-10)15-13-7-1-2-8-13;1-12-10-4-5-11(13(2)3)9(8-10)6-7-14;1-2/h3-6,9H,1-2,7-8H2,(H,12,14);4-5,7-8,12H,6H2,1-3H3;2H,1H3. The van der Waals surface area contributed by atoms with E-state index in [4.69, 9.17) is 5.11 Å². The smallest absolute Gasteiger partial charge is 0.211 e. The van der Waals surface area contributed by atoms with Gasteiger partial charge in [0.2, 0.25) is 6.41 Å². The summed E-state index contributed by atoms with van der Waals surface area (Å²) >= 11 is 1.80. The number of aldehydes is 1. The number of carbonyl (C=O) groups excluding carboxylic acids is 2. The molecule has 1 fully saturated rings. The molecule has 0 atom stereocenters. The molecule has 1 saturated heterocycles. The quantitative estimate of drug-likeness (QED) is 0.423. The Balaban J connectivity index is 0.000000288. The van der Waals surface area contributed by atoms with Crippen molar-refractivity contribution in [1.82, 2.24) is 4.31 Å². The lowest BCUT2D eigenvalue weighted by atomic mass is 10.1. The second-order valence-electron chi connectivity index (χ2n) is 6.87. The molecule has 0 aromatic heterocycles. The van der Waals surface area contributed by atoms with Crippen molar-refractivity contribution in [2.45, 2.75) is 24.2 Å². The maximum absolute atomic E-state index is 10.5. The molecule has 1 aliphatic rings. The topological polar surface area (TPSA) is 84.9 Å². The molecule has 0 unspecified atom stereocenters. The van der Waals surface area contributed by atoms with Gasteiger partial charge in [-0.1, -0.05) is 0 Å². The summed E-state index contributed by atoms with van der Waals surface area (Å²) in [6, 6.07) is 13.9. The number of nitrogens with zero attached hydrogens (tertiary/aromatic N) is 2. The van der Waals surface area contributed by atoms with Crippen LogP contribution in [0.5, 0.6) is 0 Å². The summed E-state index contributed by atoms with van der Waals surface area (Å²) in [6.45, 7) is 2.36. The van der Waals surface area contributed by atoms with Gasteiger partial charge >= 0.3 is 0 Å². The van der Waals surface area contributed by atoms with E-state index in [2.05, 4.69) is 14.9 Å². The van der Waals surface area contributed by atoms with Gasteiger partial charge in [0, 0.05) is 69.7 Å². The van der Waals surface area contributed by atoms with E-state index in [0.29, 0.717) is 12.8 Å². The molecule has 31 heavy (non-hydrogen) atoms. The Labute approximate surface area is 190 Å². The number of hydrogen-bond acceptors (Lipinski definition) is 7.